The van der Waals surface area contributed by atoms with E-state index >= 15 is 0 Å². The number of carbonyl (C=O) groups excluding carboxylic acids is 1. The maximum atomic E-state index is 12.7. The predicted molar refractivity (Wildman–Crippen MR) is 117 cm³/mol. The molecule has 0 saturated carbocycles. The van der Waals surface area contributed by atoms with Crippen LogP contribution in [0.15, 0.2) is 65.7 Å². The Balaban J connectivity index is 1.37. The van der Waals surface area contributed by atoms with E-state index in [1.54, 1.807) is 24.1 Å². The first-order valence-electron chi connectivity index (χ1n) is 10.1. The monoisotopic (exact) mass is 420 g/mol. The summed E-state index contributed by atoms with van der Waals surface area (Å²) in [6, 6.07) is 15.8. The fourth-order valence-corrected chi connectivity index (χ4v) is 3.59. The molecule has 0 atom stereocenters. The molecule has 2 heterocycles. The van der Waals surface area contributed by atoms with Gasteiger partial charge in [0.2, 0.25) is 5.91 Å². The van der Waals surface area contributed by atoms with Crippen LogP contribution in [0.1, 0.15) is 0 Å². The van der Waals surface area contributed by atoms with Crippen LogP contribution in [0.2, 0.25) is 0 Å². The summed E-state index contributed by atoms with van der Waals surface area (Å²) >= 11 is 0. The third kappa shape index (κ3) is 4.69. The number of rotatable bonds is 5. The molecule has 0 aliphatic carbocycles. The highest BCUT2D eigenvalue weighted by Crippen LogP contribution is 2.20. The van der Waals surface area contributed by atoms with Gasteiger partial charge in [-0.25, -0.2) is 4.98 Å². The standard InChI is InChI=1S/C23H24N4O4/c1-31-20-8-2-17(3-9-20)21-14-22(29)27(16-24-21)15-23(30)26-12-10-25(11-13-26)18-4-6-19(28)7-5-18/h2-9,14,16,28H,10-13,15H2,1H3. The van der Waals surface area contributed by atoms with Crippen LogP contribution in [0.4, 0.5) is 5.69 Å². The van der Waals surface area contributed by atoms with E-state index in [-0.39, 0.29) is 23.8 Å². The highest BCUT2D eigenvalue weighted by molar-refractivity contribution is 5.76. The number of amides is 1. The zero-order chi connectivity index (χ0) is 21.8. The Morgan fingerprint density at radius 3 is 2.32 bits per heavy atom. The van der Waals surface area contributed by atoms with Crippen molar-refractivity contribution >= 4 is 11.6 Å². The average molecular weight is 420 g/mol. The predicted octanol–water partition coefficient (Wildman–Crippen LogP) is 1.97. The number of piperazine rings is 1. The molecule has 0 bridgehead atoms. The van der Waals surface area contributed by atoms with Crippen LogP contribution >= 0.6 is 0 Å². The number of phenols is 1. The van der Waals surface area contributed by atoms with E-state index in [4.69, 9.17) is 4.74 Å². The van der Waals surface area contributed by atoms with Gasteiger partial charge in [-0.3, -0.25) is 14.2 Å². The van der Waals surface area contributed by atoms with Crippen molar-refractivity contribution in [3.8, 4) is 22.8 Å². The first-order valence-corrected chi connectivity index (χ1v) is 10.1. The van der Waals surface area contributed by atoms with Crippen molar-refractivity contribution in [3.63, 3.8) is 0 Å². The summed E-state index contributed by atoms with van der Waals surface area (Å²) in [5.41, 5.74) is 2.11. The Kier molecular flexibility index (Phi) is 5.88. The molecule has 1 amide bonds. The maximum absolute atomic E-state index is 12.7. The summed E-state index contributed by atoms with van der Waals surface area (Å²) in [7, 11) is 1.60. The van der Waals surface area contributed by atoms with Crippen molar-refractivity contribution in [2.75, 3.05) is 38.2 Å². The Labute approximate surface area is 179 Å². The van der Waals surface area contributed by atoms with E-state index in [2.05, 4.69) is 9.88 Å². The molecule has 8 heteroatoms. The molecule has 1 aliphatic heterocycles. The summed E-state index contributed by atoms with van der Waals surface area (Å²) in [5.74, 6) is 0.856. The SMILES string of the molecule is COc1ccc(-c2cc(=O)n(CC(=O)N3CCN(c4ccc(O)cc4)CC3)cn2)cc1. The minimum atomic E-state index is -0.267. The molecule has 8 nitrogen and oxygen atoms in total. The van der Waals surface area contributed by atoms with Crippen LogP contribution in [0.3, 0.4) is 0 Å². The average Bonchev–Trinajstić information content (AvgIpc) is 2.81. The third-order valence-electron chi connectivity index (χ3n) is 5.42. The summed E-state index contributed by atoms with van der Waals surface area (Å²) < 4.78 is 6.48. The van der Waals surface area contributed by atoms with Gasteiger partial charge in [0.1, 0.15) is 18.0 Å². The second kappa shape index (κ2) is 8.91. The number of hydrogen-bond acceptors (Lipinski definition) is 6. The Bertz CT molecular complexity index is 1100. The minimum Gasteiger partial charge on any atom is -0.508 e. The van der Waals surface area contributed by atoms with Gasteiger partial charge in [0, 0.05) is 43.5 Å². The molecule has 0 radical (unpaired) electrons. The summed E-state index contributed by atoms with van der Waals surface area (Å²) in [4.78, 5) is 33.5. The van der Waals surface area contributed by atoms with Gasteiger partial charge in [-0.05, 0) is 48.5 Å². The van der Waals surface area contributed by atoms with Crippen LogP contribution < -0.4 is 15.2 Å². The molecule has 1 aliphatic rings. The van der Waals surface area contributed by atoms with E-state index < -0.39 is 0 Å². The van der Waals surface area contributed by atoms with Gasteiger partial charge < -0.3 is 19.6 Å². The highest BCUT2D eigenvalue weighted by atomic mass is 16.5. The second-order valence-corrected chi connectivity index (χ2v) is 7.35. The molecule has 2 aromatic carbocycles. The number of phenolic OH excluding ortho intramolecular Hbond substituents is 1. The number of anilines is 1. The van der Waals surface area contributed by atoms with Crippen LogP contribution in [0.25, 0.3) is 11.3 Å². The molecular formula is C23H24N4O4. The topological polar surface area (TPSA) is 87.9 Å². The Morgan fingerprint density at radius 1 is 1.03 bits per heavy atom. The number of benzene rings is 2. The smallest absolute Gasteiger partial charge is 0.254 e. The van der Waals surface area contributed by atoms with E-state index in [0.29, 0.717) is 31.9 Å². The van der Waals surface area contributed by atoms with E-state index in [1.807, 2.05) is 36.4 Å². The molecule has 1 N–H and O–H groups in total. The normalized spacial score (nSPS) is 13.8. The molecule has 31 heavy (non-hydrogen) atoms. The van der Waals surface area contributed by atoms with Gasteiger partial charge in [-0.15, -0.1) is 0 Å². The molecule has 0 spiro atoms. The van der Waals surface area contributed by atoms with Crippen molar-refractivity contribution in [3.05, 3.63) is 71.3 Å². The summed E-state index contributed by atoms with van der Waals surface area (Å²) in [5, 5.41) is 9.43. The van der Waals surface area contributed by atoms with Crippen LogP contribution in [-0.2, 0) is 11.3 Å². The molecule has 3 aromatic rings. The van der Waals surface area contributed by atoms with Crippen molar-refractivity contribution in [2.24, 2.45) is 0 Å². The van der Waals surface area contributed by atoms with Gasteiger partial charge in [0.25, 0.3) is 5.56 Å². The van der Waals surface area contributed by atoms with Crippen molar-refractivity contribution in [1.82, 2.24) is 14.5 Å². The van der Waals surface area contributed by atoms with Gasteiger partial charge >= 0.3 is 0 Å². The van der Waals surface area contributed by atoms with Gasteiger partial charge in [-0.1, -0.05) is 0 Å². The van der Waals surface area contributed by atoms with Crippen LogP contribution in [-0.4, -0.2) is 58.8 Å². The van der Waals surface area contributed by atoms with Gasteiger partial charge in [0.15, 0.2) is 0 Å². The minimum absolute atomic E-state index is 0.0338. The highest BCUT2D eigenvalue weighted by Gasteiger charge is 2.22. The van der Waals surface area contributed by atoms with Crippen molar-refractivity contribution < 1.29 is 14.6 Å². The lowest BCUT2D eigenvalue weighted by molar-refractivity contribution is -0.132. The first kappa shape index (κ1) is 20.5. The number of hydrogen-bond donors (Lipinski definition) is 1. The lowest BCUT2D eigenvalue weighted by Gasteiger charge is -2.36. The zero-order valence-electron chi connectivity index (χ0n) is 17.3. The fraction of sp³-hybridized carbons (Fsp3) is 0.261. The lowest BCUT2D eigenvalue weighted by Crippen LogP contribution is -2.50. The fourth-order valence-electron chi connectivity index (χ4n) is 3.59. The Morgan fingerprint density at radius 2 is 1.71 bits per heavy atom. The molecule has 1 aromatic heterocycles. The number of aromatic hydroxyl groups is 1. The first-order chi connectivity index (χ1) is 15.0. The summed E-state index contributed by atoms with van der Waals surface area (Å²) in [6.45, 7) is 2.51. The van der Waals surface area contributed by atoms with Crippen molar-refractivity contribution in [2.45, 2.75) is 6.54 Å². The second-order valence-electron chi connectivity index (χ2n) is 7.35. The number of nitrogens with zero attached hydrogens (tertiary/aromatic N) is 4. The summed E-state index contributed by atoms with van der Waals surface area (Å²) in [6.07, 6.45) is 1.42. The lowest BCUT2D eigenvalue weighted by atomic mass is 10.1. The molecule has 1 saturated heterocycles. The van der Waals surface area contributed by atoms with E-state index in [1.165, 1.54) is 17.0 Å². The molecule has 0 unspecified atom stereocenters. The zero-order valence-corrected chi connectivity index (χ0v) is 17.3. The quantitative estimate of drug-likeness (QED) is 0.679. The molecule has 4 rings (SSSR count). The number of ether oxygens (including phenoxy) is 1. The third-order valence-corrected chi connectivity index (χ3v) is 5.42. The van der Waals surface area contributed by atoms with Crippen LogP contribution in [0.5, 0.6) is 11.5 Å². The molecule has 160 valence electrons. The largest absolute Gasteiger partial charge is 0.508 e. The number of aromatic nitrogens is 2. The van der Waals surface area contributed by atoms with E-state index in [0.717, 1.165) is 17.0 Å². The van der Waals surface area contributed by atoms with Gasteiger partial charge in [-0.2, -0.15) is 0 Å². The number of methoxy groups -OCH3 is 1. The molecular weight excluding hydrogens is 396 g/mol. The van der Waals surface area contributed by atoms with Crippen LogP contribution in [0, 0.1) is 0 Å². The molecule has 1 fully saturated rings. The van der Waals surface area contributed by atoms with E-state index in [9.17, 15) is 14.7 Å². The van der Waals surface area contributed by atoms with Gasteiger partial charge in [0.05, 0.1) is 19.1 Å². The van der Waals surface area contributed by atoms with Crippen molar-refractivity contribution in [1.29, 1.82) is 0 Å². The number of carbonyl (C=O) groups is 1. The maximum Gasteiger partial charge on any atom is 0.254 e. The Hall–Kier alpha value is -3.81.